The molecule has 0 amide bonds. The van der Waals surface area contributed by atoms with E-state index in [1.807, 2.05) is 36.5 Å². The van der Waals surface area contributed by atoms with Gasteiger partial charge in [-0.3, -0.25) is 14.2 Å². The molecule has 190 valence electrons. The van der Waals surface area contributed by atoms with Gasteiger partial charge in [0.15, 0.2) is 0 Å². The van der Waals surface area contributed by atoms with Crippen molar-refractivity contribution in [1.82, 2.24) is 14.2 Å². The fourth-order valence-electron chi connectivity index (χ4n) is 5.44. The molecule has 0 aliphatic carbocycles. The molecule has 0 N–H and O–H groups in total. The first-order valence-corrected chi connectivity index (χ1v) is 13.5. The van der Waals surface area contributed by atoms with Crippen LogP contribution >= 0.6 is 12.1 Å². The summed E-state index contributed by atoms with van der Waals surface area (Å²) in [5, 5.41) is 0. The van der Waals surface area contributed by atoms with Crippen LogP contribution in [0.3, 0.4) is 0 Å². The van der Waals surface area contributed by atoms with Crippen LogP contribution in [-0.4, -0.2) is 45.0 Å². The minimum atomic E-state index is -0.194. The summed E-state index contributed by atoms with van der Waals surface area (Å²) in [5.41, 5.74) is 3.19. The van der Waals surface area contributed by atoms with E-state index in [1.54, 1.807) is 18.2 Å². The second kappa shape index (κ2) is 10.8. The average molecular weight is 507 g/mol. The monoisotopic (exact) mass is 506 g/mol. The Balaban J connectivity index is 1.34. The molecule has 2 aliphatic rings. The van der Waals surface area contributed by atoms with Gasteiger partial charge in [0.1, 0.15) is 11.6 Å². The van der Waals surface area contributed by atoms with Crippen molar-refractivity contribution in [3.63, 3.8) is 0 Å². The highest BCUT2D eigenvalue weighted by Crippen LogP contribution is 2.48. The van der Waals surface area contributed by atoms with Crippen molar-refractivity contribution < 1.29 is 9.13 Å². The van der Waals surface area contributed by atoms with E-state index in [-0.39, 0.29) is 17.5 Å². The fraction of sp³-hybridized carbons (Fsp3) is 0.414. The molecule has 2 atom stereocenters. The summed E-state index contributed by atoms with van der Waals surface area (Å²) in [5.74, 6) is 0.735. The zero-order valence-electron chi connectivity index (χ0n) is 21.3. The normalized spacial score (nSPS) is 23.0. The fourth-order valence-corrected chi connectivity index (χ4v) is 6.77. The molecular formula is C29H35FN4OS. The number of hydrogen-bond acceptors (Lipinski definition) is 6. The Morgan fingerprint density at radius 1 is 1.08 bits per heavy atom. The van der Waals surface area contributed by atoms with Crippen LogP contribution in [0.4, 0.5) is 10.1 Å². The third-order valence-electron chi connectivity index (χ3n) is 7.02. The summed E-state index contributed by atoms with van der Waals surface area (Å²) in [6.07, 6.45) is 4.04. The molecule has 3 heterocycles. The lowest BCUT2D eigenvalue weighted by atomic mass is 9.82. The standard InChI is InChI=1S/C29H35FN4OS/c1-22(2)35-28-12-6-8-24(16-28)19-32-15-13-29(18-23(32)3)21-33(20-26-10-4-5-14-31-26)36-34(29)27-11-7-9-25(30)17-27/h4-12,14,16-17,22-23H,13,15,18-21H2,1-3H3/t23-,29+/m0/s1. The minimum absolute atomic E-state index is 0.0637. The van der Waals surface area contributed by atoms with Crippen LogP contribution in [0.25, 0.3) is 0 Å². The maximum absolute atomic E-state index is 14.2. The van der Waals surface area contributed by atoms with Gasteiger partial charge in [-0.1, -0.05) is 24.3 Å². The summed E-state index contributed by atoms with van der Waals surface area (Å²) in [6, 6.07) is 21.9. The summed E-state index contributed by atoms with van der Waals surface area (Å²) in [4.78, 5) is 7.10. The number of benzene rings is 2. The Bertz CT molecular complexity index is 1160. The van der Waals surface area contributed by atoms with Gasteiger partial charge in [0.2, 0.25) is 0 Å². The third-order valence-corrected chi connectivity index (χ3v) is 8.28. The molecule has 5 nitrogen and oxygen atoms in total. The number of anilines is 1. The van der Waals surface area contributed by atoms with Gasteiger partial charge in [0.05, 0.1) is 29.6 Å². The van der Waals surface area contributed by atoms with Crippen molar-refractivity contribution >= 4 is 17.8 Å². The van der Waals surface area contributed by atoms with Crippen LogP contribution in [0, 0.1) is 5.82 Å². The van der Waals surface area contributed by atoms with E-state index in [9.17, 15) is 4.39 Å². The van der Waals surface area contributed by atoms with Crippen molar-refractivity contribution in [3.8, 4) is 5.75 Å². The van der Waals surface area contributed by atoms with Gasteiger partial charge in [-0.15, -0.1) is 0 Å². The molecule has 1 aromatic heterocycles. The molecule has 1 spiro atoms. The number of nitrogens with zero attached hydrogens (tertiary/aromatic N) is 4. The summed E-state index contributed by atoms with van der Waals surface area (Å²) in [7, 11) is 0. The second-order valence-electron chi connectivity index (χ2n) is 10.3. The number of ether oxygens (including phenoxy) is 1. The van der Waals surface area contributed by atoms with E-state index in [1.165, 1.54) is 11.6 Å². The molecule has 36 heavy (non-hydrogen) atoms. The highest BCUT2D eigenvalue weighted by molar-refractivity contribution is 7.98. The van der Waals surface area contributed by atoms with E-state index in [4.69, 9.17) is 4.74 Å². The summed E-state index contributed by atoms with van der Waals surface area (Å²) < 4.78 is 24.9. The first-order chi connectivity index (χ1) is 17.4. The maximum Gasteiger partial charge on any atom is 0.125 e. The summed E-state index contributed by atoms with van der Waals surface area (Å²) >= 11 is 1.71. The topological polar surface area (TPSA) is 31.8 Å². The molecule has 0 unspecified atom stereocenters. The average Bonchev–Trinajstić information content (AvgIpc) is 3.18. The summed E-state index contributed by atoms with van der Waals surface area (Å²) in [6.45, 7) is 10.0. The maximum atomic E-state index is 14.2. The Morgan fingerprint density at radius 3 is 2.69 bits per heavy atom. The minimum Gasteiger partial charge on any atom is -0.491 e. The van der Waals surface area contributed by atoms with E-state index < -0.39 is 0 Å². The molecule has 0 radical (unpaired) electrons. The molecule has 2 saturated heterocycles. The lowest BCUT2D eigenvalue weighted by Crippen LogP contribution is -2.56. The van der Waals surface area contributed by atoms with Crippen LogP contribution in [0.2, 0.25) is 0 Å². The number of likely N-dealkylation sites (tertiary alicyclic amines) is 1. The Labute approximate surface area is 218 Å². The number of pyridine rings is 1. The van der Waals surface area contributed by atoms with Gasteiger partial charge in [0.25, 0.3) is 0 Å². The lowest BCUT2D eigenvalue weighted by Gasteiger charge is -2.47. The number of halogens is 1. The molecule has 2 fully saturated rings. The van der Waals surface area contributed by atoms with Gasteiger partial charge in [-0.2, -0.15) is 0 Å². The number of rotatable bonds is 7. The first-order valence-electron chi connectivity index (χ1n) is 12.8. The number of hydrogen-bond donors (Lipinski definition) is 0. The zero-order chi connectivity index (χ0) is 25.1. The SMILES string of the molecule is CC(C)Oc1cccc(CN2CC[C@@]3(C[C@@H]2C)CN(Cc2ccccn2)SN3c2cccc(F)c2)c1. The molecule has 3 aromatic rings. The van der Waals surface area contributed by atoms with Crippen molar-refractivity contribution in [3.05, 3.63) is 90.0 Å². The zero-order valence-corrected chi connectivity index (χ0v) is 22.1. The van der Waals surface area contributed by atoms with Gasteiger partial charge in [-0.25, -0.2) is 8.70 Å². The van der Waals surface area contributed by atoms with Crippen LogP contribution in [0.1, 0.15) is 44.9 Å². The van der Waals surface area contributed by atoms with Gasteiger partial charge in [0, 0.05) is 44.0 Å². The van der Waals surface area contributed by atoms with E-state index in [0.717, 1.165) is 56.2 Å². The first kappa shape index (κ1) is 25.1. The quantitative estimate of drug-likeness (QED) is 0.349. The van der Waals surface area contributed by atoms with E-state index in [0.29, 0.717) is 6.04 Å². The number of aromatic nitrogens is 1. The van der Waals surface area contributed by atoms with Gasteiger partial charge >= 0.3 is 0 Å². The second-order valence-corrected chi connectivity index (χ2v) is 11.3. The van der Waals surface area contributed by atoms with Crippen molar-refractivity contribution in [2.24, 2.45) is 0 Å². The van der Waals surface area contributed by atoms with Crippen LogP contribution in [0.5, 0.6) is 5.75 Å². The van der Waals surface area contributed by atoms with E-state index in [2.05, 4.69) is 63.5 Å². The Hall–Kier alpha value is -2.61. The molecule has 0 bridgehead atoms. The highest BCUT2D eigenvalue weighted by Gasteiger charge is 2.49. The number of piperidine rings is 1. The van der Waals surface area contributed by atoms with Gasteiger partial charge in [-0.05, 0) is 81.6 Å². The predicted octanol–water partition coefficient (Wildman–Crippen LogP) is 6.32. The largest absolute Gasteiger partial charge is 0.491 e. The van der Waals surface area contributed by atoms with Crippen molar-refractivity contribution in [1.29, 1.82) is 0 Å². The third kappa shape index (κ3) is 5.69. The Kier molecular flexibility index (Phi) is 7.51. The van der Waals surface area contributed by atoms with Crippen LogP contribution in [0.15, 0.2) is 72.9 Å². The molecule has 2 aliphatic heterocycles. The predicted molar refractivity (Wildman–Crippen MR) is 145 cm³/mol. The Morgan fingerprint density at radius 2 is 1.94 bits per heavy atom. The molecule has 0 saturated carbocycles. The highest BCUT2D eigenvalue weighted by atomic mass is 32.2. The van der Waals surface area contributed by atoms with Crippen molar-refractivity contribution in [2.75, 3.05) is 17.4 Å². The van der Waals surface area contributed by atoms with E-state index >= 15 is 0 Å². The molecule has 5 rings (SSSR count). The van der Waals surface area contributed by atoms with Crippen molar-refractivity contribution in [2.45, 2.75) is 64.4 Å². The molecule has 2 aromatic carbocycles. The lowest BCUT2D eigenvalue weighted by molar-refractivity contribution is 0.0982. The smallest absolute Gasteiger partial charge is 0.125 e. The molecule has 7 heteroatoms. The van der Waals surface area contributed by atoms with Gasteiger partial charge < -0.3 is 4.74 Å². The molecular weight excluding hydrogens is 471 g/mol. The van der Waals surface area contributed by atoms with Crippen LogP contribution < -0.4 is 9.04 Å². The van der Waals surface area contributed by atoms with Crippen LogP contribution in [-0.2, 0) is 13.1 Å².